The van der Waals surface area contributed by atoms with Crippen LogP contribution in [0.2, 0.25) is 5.02 Å². The summed E-state index contributed by atoms with van der Waals surface area (Å²) in [5.41, 5.74) is 1.75. The lowest BCUT2D eigenvalue weighted by Gasteiger charge is -2.09. The van der Waals surface area contributed by atoms with Crippen LogP contribution in [0.25, 0.3) is 0 Å². The van der Waals surface area contributed by atoms with E-state index in [1.165, 1.54) is 0 Å². The number of nitrogens with one attached hydrogen (secondary N) is 2. The smallest absolute Gasteiger partial charge is 0.238 e. The molecular formula is C13H19ClN2O2. The number of halogens is 1. The molecule has 0 spiro atoms. The number of carbonyl (C=O) groups is 1. The summed E-state index contributed by atoms with van der Waals surface area (Å²) in [4.78, 5) is 11.6. The van der Waals surface area contributed by atoms with Crippen LogP contribution in [0, 0.1) is 6.92 Å². The van der Waals surface area contributed by atoms with Gasteiger partial charge in [-0.2, -0.15) is 0 Å². The fourth-order valence-electron chi connectivity index (χ4n) is 1.51. The third-order valence-electron chi connectivity index (χ3n) is 2.45. The summed E-state index contributed by atoms with van der Waals surface area (Å²) in [6.07, 6.45) is 0.893. The largest absolute Gasteiger partial charge is 0.385 e. The highest BCUT2D eigenvalue weighted by molar-refractivity contribution is 6.30. The number of ether oxygens (including phenoxy) is 1. The maximum atomic E-state index is 11.6. The summed E-state index contributed by atoms with van der Waals surface area (Å²) in [6.45, 7) is 3.67. The predicted molar refractivity (Wildman–Crippen MR) is 74.2 cm³/mol. The molecule has 0 heterocycles. The van der Waals surface area contributed by atoms with Crippen molar-refractivity contribution >= 4 is 23.2 Å². The molecule has 2 N–H and O–H groups in total. The summed E-state index contributed by atoms with van der Waals surface area (Å²) in [6, 6.07) is 5.39. The lowest BCUT2D eigenvalue weighted by molar-refractivity contribution is -0.115. The molecule has 0 radical (unpaired) electrons. The number of amides is 1. The van der Waals surface area contributed by atoms with Gasteiger partial charge in [0.05, 0.1) is 6.54 Å². The van der Waals surface area contributed by atoms with Crippen molar-refractivity contribution in [3.8, 4) is 0 Å². The molecule has 18 heavy (non-hydrogen) atoms. The van der Waals surface area contributed by atoms with E-state index in [0.717, 1.165) is 24.2 Å². The Kier molecular flexibility index (Phi) is 6.72. The summed E-state index contributed by atoms with van der Waals surface area (Å²) in [7, 11) is 1.66. The van der Waals surface area contributed by atoms with Gasteiger partial charge in [0.25, 0.3) is 0 Å². The number of benzene rings is 1. The Morgan fingerprint density at radius 1 is 1.44 bits per heavy atom. The number of anilines is 1. The third-order valence-corrected chi connectivity index (χ3v) is 2.69. The van der Waals surface area contributed by atoms with E-state index in [2.05, 4.69) is 10.6 Å². The first-order chi connectivity index (χ1) is 8.63. The SMILES string of the molecule is COCCCNCC(=O)Nc1ccc(Cl)cc1C. The molecule has 1 amide bonds. The fraction of sp³-hybridized carbons (Fsp3) is 0.462. The molecule has 5 heteroatoms. The molecule has 0 aromatic heterocycles. The Hall–Kier alpha value is -1.10. The monoisotopic (exact) mass is 270 g/mol. The van der Waals surface area contributed by atoms with Crippen molar-refractivity contribution in [3.05, 3.63) is 28.8 Å². The topological polar surface area (TPSA) is 50.4 Å². The van der Waals surface area contributed by atoms with Crippen LogP contribution < -0.4 is 10.6 Å². The Balaban J connectivity index is 2.31. The van der Waals surface area contributed by atoms with Crippen LogP contribution >= 0.6 is 11.6 Å². The lowest BCUT2D eigenvalue weighted by Crippen LogP contribution is -2.29. The van der Waals surface area contributed by atoms with E-state index in [9.17, 15) is 4.79 Å². The molecule has 1 rings (SSSR count). The Labute approximate surface area is 113 Å². The summed E-state index contributed by atoms with van der Waals surface area (Å²) >= 11 is 5.85. The van der Waals surface area contributed by atoms with Crippen LogP contribution in [0.5, 0.6) is 0 Å². The third kappa shape index (κ3) is 5.49. The van der Waals surface area contributed by atoms with Gasteiger partial charge in [-0.1, -0.05) is 11.6 Å². The van der Waals surface area contributed by atoms with Gasteiger partial charge in [0.1, 0.15) is 0 Å². The summed E-state index contributed by atoms with van der Waals surface area (Å²) in [5, 5.41) is 6.56. The van der Waals surface area contributed by atoms with E-state index in [0.29, 0.717) is 18.2 Å². The van der Waals surface area contributed by atoms with Crippen molar-refractivity contribution in [1.29, 1.82) is 0 Å². The number of rotatable bonds is 7. The molecule has 1 aromatic rings. The predicted octanol–water partition coefficient (Wildman–Crippen LogP) is 2.21. The second kappa shape index (κ2) is 8.08. The van der Waals surface area contributed by atoms with Gasteiger partial charge in [0.15, 0.2) is 0 Å². The van der Waals surface area contributed by atoms with Crippen LogP contribution in [0.4, 0.5) is 5.69 Å². The van der Waals surface area contributed by atoms with Crippen molar-refractivity contribution in [2.24, 2.45) is 0 Å². The van der Waals surface area contributed by atoms with E-state index < -0.39 is 0 Å². The number of methoxy groups -OCH3 is 1. The number of hydrogen-bond donors (Lipinski definition) is 2. The van der Waals surface area contributed by atoms with Crippen LogP contribution in [0.15, 0.2) is 18.2 Å². The van der Waals surface area contributed by atoms with Gasteiger partial charge in [-0.3, -0.25) is 4.79 Å². The van der Waals surface area contributed by atoms with E-state index >= 15 is 0 Å². The number of hydrogen-bond acceptors (Lipinski definition) is 3. The summed E-state index contributed by atoms with van der Waals surface area (Å²) in [5.74, 6) is -0.0576. The minimum atomic E-state index is -0.0576. The minimum absolute atomic E-state index is 0.0576. The van der Waals surface area contributed by atoms with Crippen molar-refractivity contribution in [3.63, 3.8) is 0 Å². The minimum Gasteiger partial charge on any atom is -0.385 e. The van der Waals surface area contributed by atoms with Gasteiger partial charge in [-0.05, 0) is 43.7 Å². The van der Waals surface area contributed by atoms with Gasteiger partial charge in [-0.25, -0.2) is 0 Å². The quantitative estimate of drug-likeness (QED) is 0.747. The average Bonchev–Trinajstić information content (AvgIpc) is 2.32. The number of carbonyl (C=O) groups excluding carboxylic acids is 1. The molecule has 0 unspecified atom stereocenters. The zero-order valence-electron chi connectivity index (χ0n) is 10.8. The molecule has 0 atom stereocenters. The fourth-order valence-corrected chi connectivity index (χ4v) is 1.73. The molecule has 100 valence electrons. The van der Waals surface area contributed by atoms with Crippen molar-refractivity contribution < 1.29 is 9.53 Å². The molecule has 0 aliphatic rings. The first kappa shape index (κ1) is 15.0. The normalized spacial score (nSPS) is 10.4. The molecule has 4 nitrogen and oxygen atoms in total. The van der Waals surface area contributed by atoms with Gasteiger partial charge in [0.2, 0.25) is 5.91 Å². The van der Waals surface area contributed by atoms with Gasteiger partial charge >= 0.3 is 0 Å². The highest BCUT2D eigenvalue weighted by atomic mass is 35.5. The zero-order valence-corrected chi connectivity index (χ0v) is 11.5. The van der Waals surface area contributed by atoms with E-state index in [1.54, 1.807) is 19.2 Å². The molecular weight excluding hydrogens is 252 g/mol. The standard InChI is InChI=1S/C13H19ClN2O2/c1-10-8-11(14)4-5-12(10)16-13(17)9-15-6-3-7-18-2/h4-5,8,15H,3,6-7,9H2,1-2H3,(H,16,17). The van der Waals surface area contributed by atoms with Crippen LogP contribution in [0.1, 0.15) is 12.0 Å². The van der Waals surface area contributed by atoms with Crippen molar-refractivity contribution in [2.75, 3.05) is 32.1 Å². The van der Waals surface area contributed by atoms with E-state index in [1.807, 2.05) is 13.0 Å². The van der Waals surface area contributed by atoms with Crippen LogP contribution in [-0.2, 0) is 9.53 Å². The van der Waals surface area contributed by atoms with Crippen molar-refractivity contribution in [2.45, 2.75) is 13.3 Å². The Bertz CT molecular complexity index is 397. The second-order valence-corrected chi connectivity index (χ2v) is 4.47. The van der Waals surface area contributed by atoms with Gasteiger partial charge < -0.3 is 15.4 Å². The maximum Gasteiger partial charge on any atom is 0.238 e. The zero-order chi connectivity index (χ0) is 13.4. The highest BCUT2D eigenvalue weighted by Gasteiger charge is 2.04. The molecule has 1 aromatic carbocycles. The maximum absolute atomic E-state index is 11.6. The molecule has 0 fully saturated rings. The van der Waals surface area contributed by atoms with Gasteiger partial charge in [-0.15, -0.1) is 0 Å². The molecule has 0 aliphatic heterocycles. The first-order valence-corrected chi connectivity index (χ1v) is 6.27. The molecule has 0 bridgehead atoms. The average molecular weight is 271 g/mol. The number of aryl methyl sites for hydroxylation is 1. The molecule has 0 aliphatic carbocycles. The van der Waals surface area contributed by atoms with Crippen LogP contribution in [0.3, 0.4) is 0 Å². The highest BCUT2D eigenvalue weighted by Crippen LogP contribution is 2.19. The lowest BCUT2D eigenvalue weighted by atomic mass is 10.2. The van der Waals surface area contributed by atoms with E-state index in [4.69, 9.17) is 16.3 Å². The van der Waals surface area contributed by atoms with Crippen molar-refractivity contribution in [1.82, 2.24) is 5.32 Å². The summed E-state index contributed by atoms with van der Waals surface area (Å²) < 4.78 is 4.92. The second-order valence-electron chi connectivity index (χ2n) is 4.03. The Morgan fingerprint density at radius 2 is 2.22 bits per heavy atom. The molecule has 0 saturated carbocycles. The van der Waals surface area contributed by atoms with Crippen LogP contribution in [-0.4, -0.2) is 32.7 Å². The van der Waals surface area contributed by atoms with Gasteiger partial charge in [0, 0.05) is 24.4 Å². The Morgan fingerprint density at radius 3 is 2.89 bits per heavy atom. The molecule has 0 saturated heterocycles. The first-order valence-electron chi connectivity index (χ1n) is 5.89. The van der Waals surface area contributed by atoms with E-state index in [-0.39, 0.29) is 5.91 Å².